The molecule has 0 radical (unpaired) electrons. The van der Waals surface area contributed by atoms with Crippen molar-refractivity contribution in [2.45, 2.75) is 19.9 Å². The van der Waals surface area contributed by atoms with Crippen molar-refractivity contribution >= 4 is 0 Å². The van der Waals surface area contributed by atoms with Gasteiger partial charge in [-0.3, -0.25) is 0 Å². The molecule has 0 fully saturated rings. The fourth-order valence-electron chi connectivity index (χ4n) is 1.34. The molecule has 2 aromatic rings. The van der Waals surface area contributed by atoms with Crippen LogP contribution in [0.2, 0.25) is 0 Å². The zero-order chi connectivity index (χ0) is 9.80. The fraction of sp³-hybridized carbons (Fsp3) is 0.300. The van der Waals surface area contributed by atoms with Crippen molar-refractivity contribution in [3.05, 3.63) is 41.7 Å². The third-order valence-corrected chi connectivity index (χ3v) is 2.17. The molecule has 0 bridgehead atoms. The van der Waals surface area contributed by atoms with E-state index < -0.39 is 0 Å². The number of aryl methyl sites for hydroxylation is 3. The van der Waals surface area contributed by atoms with Gasteiger partial charge in [0.1, 0.15) is 5.82 Å². The van der Waals surface area contributed by atoms with Gasteiger partial charge in [-0.25, -0.2) is 4.68 Å². The average Bonchev–Trinajstić information content (AvgIpc) is 2.63. The monoisotopic (exact) mass is 188 g/mol. The highest BCUT2D eigenvalue weighted by Gasteiger charge is 1.99. The smallest absolute Gasteiger partial charge is 0.148 e. The first-order chi connectivity index (χ1) is 6.86. The van der Waals surface area contributed by atoms with E-state index in [4.69, 9.17) is 0 Å². The normalized spacial score (nSPS) is 10.4. The summed E-state index contributed by atoms with van der Waals surface area (Å²) in [6.45, 7) is 2.74. The van der Waals surface area contributed by atoms with Crippen LogP contribution in [0.4, 0.5) is 0 Å². The van der Waals surface area contributed by atoms with E-state index in [9.17, 15) is 0 Å². The lowest BCUT2D eigenvalue weighted by molar-refractivity contribution is 0.575. The molecule has 0 aliphatic heterocycles. The van der Waals surface area contributed by atoms with Crippen molar-refractivity contribution in [3.8, 4) is 0 Å². The Morgan fingerprint density at radius 3 is 2.64 bits per heavy atom. The molecule has 1 aromatic heterocycles. The minimum atomic E-state index is 0.836. The van der Waals surface area contributed by atoms with Crippen molar-refractivity contribution in [1.29, 1.82) is 0 Å². The van der Waals surface area contributed by atoms with Crippen LogP contribution in [0, 0.1) is 6.92 Å². The summed E-state index contributed by atoms with van der Waals surface area (Å²) < 4.78 is 1.81. The largest absolute Gasteiger partial charge is 0.230 e. The van der Waals surface area contributed by atoms with Gasteiger partial charge in [0.25, 0.3) is 0 Å². The molecule has 0 atom stereocenters. The van der Waals surface area contributed by atoms with Gasteiger partial charge in [0.15, 0.2) is 0 Å². The Kier molecular flexibility index (Phi) is 2.53. The molecule has 1 aromatic carbocycles. The molecule has 0 amide bonds. The Labute approximate surface area is 82.6 Å². The Balaban J connectivity index is 1.99. The van der Waals surface area contributed by atoms with Crippen molar-refractivity contribution in [2.75, 3.05) is 0 Å². The van der Waals surface area contributed by atoms with Crippen LogP contribution in [0.1, 0.15) is 11.4 Å². The van der Waals surface area contributed by atoms with E-state index in [0.29, 0.717) is 0 Å². The van der Waals surface area contributed by atoms with Crippen LogP contribution in [0.5, 0.6) is 0 Å². The molecule has 0 unspecified atom stereocenters. The highest BCUT2D eigenvalue weighted by molar-refractivity contribution is 5.14. The predicted octanol–water partition coefficient (Wildman–Crippen LogP) is 1.22. The minimum absolute atomic E-state index is 0.836. The summed E-state index contributed by atoms with van der Waals surface area (Å²) in [7, 11) is 0. The van der Waals surface area contributed by atoms with Gasteiger partial charge in [0.2, 0.25) is 0 Å². The number of hydrogen-bond acceptors (Lipinski definition) is 3. The quantitative estimate of drug-likeness (QED) is 0.727. The van der Waals surface area contributed by atoms with E-state index in [-0.39, 0.29) is 0 Å². The van der Waals surface area contributed by atoms with Crippen LogP contribution < -0.4 is 0 Å². The number of tetrazole rings is 1. The number of aromatic nitrogens is 4. The van der Waals surface area contributed by atoms with Crippen molar-refractivity contribution < 1.29 is 0 Å². The summed E-state index contributed by atoms with van der Waals surface area (Å²) in [4.78, 5) is 0. The molecule has 14 heavy (non-hydrogen) atoms. The van der Waals surface area contributed by atoms with Crippen LogP contribution in [0.25, 0.3) is 0 Å². The summed E-state index contributed by atoms with van der Waals surface area (Å²) >= 11 is 0. The van der Waals surface area contributed by atoms with E-state index in [0.717, 1.165) is 18.8 Å². The first kappa shape index (κ1) is 8.87. The maximum atomic E-state index is 3.89. The summed E-state index contributed by atoms with van der Waals surface area (Å²) in [5, 5.41) is 11.3. The Hall–Kier alpha value is -1.71. The predicted molar refractivity (Wildman–Crippen MR) is 52.7 cm³/mol. The molecular weight excluding hydrogens is 176 g/mol. The molecule has 1 heterocycles. The Bertz CT molecular complexity index is 394. The van der Waals surface area contributed by atoms with Gasteiger partial charge < -0.3 is 0 Å². The van der Waals surface area contributed by atoms with E-state index in [1.54, 1.807) is 0 Å². The molecule has 4 heteroatoms. The van der Waals surface area contributed by atoms with Gasteiger partial charge in [-0.2, -0.15) is 0 Å². The Morgan fingerprint density at radius 1 is 1.21 bits per heavy atom. The van der Waals surface area contributed by atoms with Crippen molar-refractivity contribution in [2.24, 2.45) is 0 Å². The molecule has 0 aliphatic carbocycles. The summed E-state index contributed by atoms with van der Waals surface area (Å²) in [6.07, 6.45) is 0.965. The average molecular weight is 188 g/mol. The van der Waals surface area contributed by atoms with Crippen LogP contribution >= 0.6 is 0 Å². The second-order valence-corrected chi connectivity index (χ2v) is 3.18. The van der Waals surface area contributed by atoms with E-state index in [2.05, 4.69) is 27.7 Å². The summed E-state index contributed by atoms with van der Waals surface area (Å²) in [6, 6.07) is 10.3. The topological polar surface area (TPSA) is 43.6 Å². The molecule has 0 aliphatic rings. The number of rotatable bonds is 3. The molecule has 0 N–H and O–H groups in total. The summed E-state index contributed by atoms with van der Waals surface area (Å²) in [5.41, 5.74) is 1.31. The maximum absolute atomic E-state index is 3.89. The van der Waals surface area contributed by atoms with E-state index >= 15 is 0 Å². The lowest BCUT2D eigenvalue weighted by atomic mass is 10.1. The van der Waals surface area contributed by atoms with Crippen LogP contribution in [0.3, 0.4) is 0 Å². The first-order valence-electron chi connectivity index (χ1n) is 4.63. The fourth-order valence-corrected chi connectivity index (χ4v) is 1.34. The zero-order valence-electron chi connectivity index (χ0n) is 8.09. The van der Waals surface area contributed by atoms with Crippen LogP contribution in [-0.2, 0) is 13.0 Å². The molecule has 2 rings (SSSR count). The Morgan fingerprint density at radius 2 is 2.00 bits per heavy atom. The van der Waals surface area contributed by atoms with Crippen LogP contribution in [0.15, 0.2) is 30.3 Å². The van der Waals surface area contributed by atoms with Gasteiger partial charge in [-0.05, 0) is 29.3 Å². The standard InChI is InChI=1S/C10H12N4/c1-9-11-12-13-14(9)8-7-10-5-3-2-4-6-10/h2-6H,7-8H2,1H3. The number of benzene rings is 1. The minimum Gasteiger partial charge on any atom is -0.230 e. The van der Waals surface area contributed by atoms with Gasteiger partial charge in [-0.1, -0.05) is 30.3 Å². The first-order valence-corrected chi connectivity index (χ1v) is 4.63. The van der Waals surface area contributed by atoms with E-state index in [1.165, 1.54) is 5.56 Å². The van der Waals surface area contributed by atoms with Gasteiger partial charge in [0.05, 0.1) is 0 Å². The molecule has 0 saturated heterocycles. The molecular formula is C10H12N4. The maximum Gasteiger partial charge on any atom is 0.148 e. The van der Waals surface area contributed by atoms with Gasteiger partial charge >= 0.3 is 0 Å². The molecule has 0 spiro atoms. The second-order valence-electron chi connectivity index (χ2n) is 3.18. The number of hydrogen-bond donors (Lipinski definition) is 0. The van der Waals surface area contributed by atoms with Crippen molar-refractivity contribution in [1.82, 2.24) is 20.2 Å². The lowest BCUT2D eigenvalue weighted by Gasteiger charge is -2.01. The molecule has 72 valence electrons. The zero-order valence-corrected chi connectivity index (χ0v) is 8.09. The van der Waals surface area contributed by atoms with E-state index in [1.807, 2.05) is 29.8 Å². The van der Waals surface area contributed by atoms with Gasteiger partial charge in [0, 0.05) is 6.54 Å². The highest BCUT2D eigenvalue weighted by Crippen LogP contribution is 2.01. The lowest BCUT2D eigenvalue weighted by Crippen LogP contribution is -2.05. The summed E-state index contributed by atoms with van der Waals surface area (Å²) in [5.74, 6) is 0.862. The third kappa shape index (κ3) is 1.96. The van der Waals surface area contributed by atoms with Crippen molar-refractivity contribution in [3.63, 3.8) is 0 Å². The SMILES string of the molecule is Cc1nnnn1CCc1ccccc1. The second kappa shape index (κ2) is 4.00. The molecule has 0 saturated carbocycles. The van der Waals surface area contributed by atoms with Crippen LogP contribution in [-0.4, -0.2) is 20.2 Å². The van der Waals surface area contributed by atoms with Gasteiger partial charge in [-0.15, -0.1) is 5.10 Å². The highest BCUT2D eigenvalue weighted by atomic mass is 15.5. The third-order valence-electron chi connectivity index (χ3n) is 2.17. The number of nitrogens with zero attached hydrogens (tertiary/aromatic N) is 4. The molecule has 4 nitrogen and oxygen atoms in total.